The summed E-state index contributed by atoms with van der Waals surface area (Å²) < 4.78 is 14.9. The molecule has 0 spiro atoms. The lowest BCUT2D eigenvalue weighted by Crippen LogP contribution is -2.22. The van der Waals surface area contributed by atoms with Crippen LogP contribution < -0.4 is 5.32 Å². The zero-order valence-corrected chi connectivity index (χ0v) is 14.7. The number of aromatic nitrogens is 3. The van der Waals surface area contributed by atoms with Crippen molar-refractivity contribution in [3.8, 4) is 0 Å². The fraction of sp³-hybridized carbons (Fsp3) is 0.250. The Hall–Kier alpha value is -3.02. The van der Waals surface area contributed by atoms with Gasteiger partial charge in [-0.3, -0.25) is 4.79 Å². The van der Waals surface area contributed by atoms with E-state index >= 15 is 0 Å². The van der Waals surface area contributed by atoms with Gasteiger partial charge in [-0.05, 0) is 29.7 Å². The van der Waals surface area contributed by atoms with Crippen molar-refractivity contribution in [1.82, 2.24) is 20.1 Å². The van der Waals surface area contributed by atoms with E-state index in [1.165, 1.54) is 24.6 Å². The van der Waals surface area contributed by atoms with Crippen molar-refractivity contribution in [3.05, 3.63) is 83.2 Å². The minimum atomic E-state index is -0.269. The number of aryl methyl sites for hydroxylation is 2. The molecular weight excluding hydrogens is 331 g/mol. The Morgan fingerprint density at radius 1 is 1.04 bits per heavy atom. The van der Waals surface area contributed by atoms with Gasteiger partial charge in [-0.15, -0.1) is 0 Å². The minimum Gasteiger partial charge on any atom is -0.349 e. The second kappa shape index (κ2) is 8.38. The van der Waals surface area contributed by atoms with Gasteiger partial charge in [0, 0.05) is 13.3 Å². The molecule has 0 aliphatic rings. The third-order valence-electron chi connectivity index (χ3n) is 4.01. The molecule has 0 bridgehead atoms. The summed E-state index contributed by atoms with van der Waals surface area (Å²) in [6, 6.07) is 16.5. The summed E-state index contributed by atoms with van der Waals surface area (Å²) in [5, 5.41) is 7.34. The topological polar surface area (TPSA) is 59.8 Å². The molecule has 1 heterocycles. The van der Waals surface area contributed by atoms with Crippen molar-refractivity contribution in [1.29, 1.82) is 0 Å². The summed E-state index contributed by atoms with van der Waals surface area (Å²) >= 11 is 0. The molecule has 1 aromatic heterocycles. The maximum absolute atomic E-state index is 13.1. The first-order chi connectivity index (χ1) is 12.6. The number of nitrogens with one attached hydrogen (secondary N) is 1. The molecule has 5 nitrogen and oxygen atoms in total. The molecule has 3 rings (SSSR count). The number of nitrogens with zero attached hydrogens (tertiary/aromatic N) is 3. The van der Waals surface area contributed by atoms with Gasteiger partial charge >= 0.3 is 0 Å². The van der Waals surface area contributed by atoms with Gasteiger partial charge in [0.2, 0.25) is 5.91 Å². The largest absolute Gasteiger partial charge is 0.349 e. The summed E-state index contributed by atoms with van der Waals surface area (Å²) in [7, 11) is 0. The highest BCUT2D eigenvalue weighted by Crippen LogP contribution is 2.09. The van der Waals surface area contributed by atoms with E-state index in [9.17, 15) is 9.18 Å². The van der Waals surface area contributed by atoms with Crippen LogP contribution in [0.2, 0.25) is 0 Å². The number of carbonyl (C=O) groups is 1. The Kier molecular flexibility index (Phi) is 5.73. The van der Waals surface area contributed by atoms with Crippen LogP contribution in [0.3, 0.4) is 0 Å². The molecule has 26 heavy (non-hydrogen) atoms. The number of rotatable bonds is 7. The summed E-state index contributed by atoms with van der Waals surface area (Å²) in [6.45, 7) is 2.26. The third kappa shape index (κ3) is 4.99. The maximum Gasteiger partial charge on any atom is 0.217 e. The maximum atomic E-state index is 13.1. The Balaban J connectivity index is 1.75. The third-order valence-corrected chi connectivity index (χ3v) is 4.01. The van der Waals surface area contributed by atoms with Gasteiger partial charge in [-0.2, -0.15) is 5.10 Å². The highest BCUT2D eigenvalue weighted by atomic mass is 19.1. The zero-order chi connectivity index (χ0) is 18.4. The number of benzene rings is 2. The quantitative estimate of drug-likeness (QED) is 0.711. The number of hydrogen-bond donors (Lipinski definition) is 1. The van der Waals surface area contributed by atoms with Gasteiger partial charge in [0.1, 0.15) is 11.6 Å². The fourth-order valence-corrected chi connectivity index (χ4v) is 2.66. The van der Waals surface area contributed by atoms with Crippen molar-refractivity contribution < 1.29 is 9.18 Å². The fourth-order valence-electron chi connectivity index (χ4n) is 2.66. The van der Waals surface area contributed by atoms with Gasteiger partial charge in [0.05, 0.1) is 13.1 Å². The lowest BCUT2D eigenvalue weighted by molar-refractivity contribution is -0.119. The Labute approximate surface area is 151 Å². The molecule has 0 unspecified atom stereocenters. The van der Waals surface area contributed by atoms with Crippen LogP contribution in [-0.2, 0) is 30.7 Å². The van der Waals surface area contributed by atoms with E-state index < -0.39 is 0 Å². The van der Waals surface area contributed by atoms with E-state index in [0.717, 1.165) is 17.8 Å². The first kappa shape index (κ1) is 17.8. The molecule has 0 aliphatic carbocycles. The lowest BCUT2D eigenvalue weighted by Gasteiger charge is -2.06. The molecule has 0 fully saturated rings. The Morgan fingerprint density at radius 3 is 2.46 bits per heavy atom. The number of carbonyl (C=O) groups excluding carboxylic acids is 1. The van der Waals surface area contributed by atoms with Gasteiger partial charge < -0.3 is 5.32 Å². The zero-order valence-electron chi connectivity index (χ0n) is 14.7. The van der Waals surface area contributed by atoms with Crippen LogP contribution in [0.25, 0.3) is 0 Å². The van der Waals surface area contributed by atoms with E-state index in [0.29, 0.717) is 25.3 Å². The predicted molar refractivity (Wildman–Crippen MR) is 96.9 cm³/mol. The second-order valence-corrected chi connectivity index (χ2v) is 6.12. The normalized spacial score (nSPS) is 10.7. The molecule has 0 saturated carbocycles. The van der Waals surface area contributed by atoms with Crippen LogP contribution in [0.15, 0.2) is 54.6 Å². The van der Waals surface area contributed by atoms with Crippen LogP contribution in [-0.4, -0.2) is 20.7 Å². The van der Waals surface area contributed by atoms with Crippen molar-refractivity contribution in [2.75, 3.05) is 0 Å². The average molecular weight is 352 g/mol. The molecule has 0 atom stereocenters. The summed E-state index contributed by atoms with van der Waals surface area (Å²) in [5.74, 6) is 1.03. The molecule has 2 aromatic carbocycles. The van der Waals surface area contributed by atoms with Crippen molar-refractivity contribution in [2.45, 2.75) is 32.9 Å². The summed E-state index contributed by atoms with van der Waals surface area (Å²) in [6.07, 6.45) is 1.56. The van der Waals surface area contributed by atoms with Gasteiger partial charge in [-0.1, -0.05) is 42.5 Å². The van der Waals surface area contributed by atoms with E-state index in [1.807, 2.05) is 18.2 Å². The van der Waals surface area contributed by atoms with Gasteiger partial charge in [0.25, 0.3) is 0 Å². The molecule has 1 N–H and O–H groups in total. The first-order valence-electron chi connectivity index (χ1n) is 8.55. The van der Waals surface area contributed by atoms with E-state index in [1.54, 1.807) is 16.8 Å². The molecular formula is C20H21FN4O. The number of amides is 1. The van der Waals surface area contributed by atoms with Crippen LogP contribution >= 0.6 is 0 Å². The SMILES string of the molecule is CC(=O)NCc1nc(CCc2ccccc2)nn1Cc1ccc(F)cc1. The first-order valence-corrected chi connectivity index (χ1v) is 8.55. The van der Waals surface area contributed by atoms with Crippen LogP contribution in [0, 0.1) is 5.82 Å². The monoisotopic (exact) mass is 352 g/mol. The lowest BCUT2D eigenvalue weighted by atomic mass is 10.1. The second-order valence-electron chi connectivity index (χ2n) is 6.12. The van der Waals surface area contributed by atoms with E-state index in [4.69, 9.17) is 0 Å². The minimum absolute atomic E-state index is 0.118. The van der Waals surface area contributed by atoms with Crippen molar-refractivity contribution >= 4 is 5.91 Å². The van der Waals surface area contributed by atoms with Gasteiger partial charge in [-0.25, -0.2) is 14.1 Å². The molecule has 0 aliphatic heterocycles. The predicted octanol–water partition coefficient (Wildman–Crippen LogP) is 2.89. The standard InChI is InChI=1S/C20H21FN4O/c1-15(26)22-13-20-23-19(12-9-16-5-3-2-4-6-16)24-25(20)14-17-7-10-18(21)11-8-17/h2-8,10-11H,9,12-14H2,1H3,(H,22,26). The molecule has 3 aromatic rings. The molecule has 0 saturated heterocycles. The van der Waals surface area contributed by atoms with Crippen molar-refractivity contribution in [3.63, 3.8) is 0 Å². The molecule has 1 amide bonds. The molecule has 6 heteroatoms. The highest BCUT2D eigenvalue weighted by Gasteiger charge is 2.11. The van der Waals surface area contributed by atoms with Crippen LogP contribution in [0.4, 0.5) is 4.39 Å². The summed E-state index contributed by atoms with van der Waals surface area (Å²) in [5.41, 5.74) is 2.15. The Morgan fingerprint density at radius 2 is 1.77 bits per heavy atom. The smallest absolute Gasteiger partial charge is 0.217 e. The van der Waals surface area contributed by atoms with Crippen LogP contribution in [0.1, 0.15) is 29.7 Å². The Bertz CT molecular complexity index is 859. The van der Waals surface area contributed by atoms with Crippen LogP contribution in [0.5, 0.6) is 0 Å². The van der Waals surface area contributed by atoms with Crippen molar-refractivity contribution in [2.24, 2.45) is 0 Å². The van der Waals surface area contributed by atoms with Gasteiger partial charge in [0.15, 0.2) is 5.82 Å². The summed E-state index contributed by atoms with van der Waals surface area (Å²) in [4.78, 5) is 15.8. The molecule has 0 radical (unpaired) electrons. The highest BCUT2D eigenvalue weighted by molar-refractivity contribution is 5.72. The molecule has 134 valence electrons. The van der Waals surface area contributed by atoms with E-state index in [2.05, 4.69) is 27.5 Å². The number of halogens is 1. The number of hydrogen-bond acceptors (Lipinski definition) is 3. The van der Waals surface area contributed by atoms with E-state index in [-0.39, 0.29) is 11.7 Å². The average Bonchev–Trinajstić information content (AvgIpc) is 3.03.